The third-order valence-electron chi connectivity index (χ3n) is 5.04. The largest absolute Gasteiger partial charge is 0.496 e. The molecule has 38 heavy (non-hydrogen) atoms. The fraction of sp³-hybridized carbons (Fsp3) is 0.222. The fourth-order valence-electron chi connectivity index (χ4n) is 3.36. The van der Waals surface area contributed by atoms with Gasteiger partial charge in [0.2, 0.25) is 0 Å². The minimum absolute atomic E-state index is 0.0526. The van der Waals surface area contributed by atoms with Crippen LogP contribution in [0.25, 0.3) is 0 Å². The molecule has 0 aliphatic heterocycles. The molecule has 0 radical (unpaired) electrons. The molecule has 0 heterocycles. The van der Waals surface area contributed by atoms with Crippen LogP contribution in [-0.4, -0.2) is 44.8 Å². The van der Waals surface area contributed by atoms with Crippen molar-refractivity contribution < 1.29 is 33.3 Å². The highest BCUT2D eigenvalue weighted by Gasteiger charge is 2.24. The van der Waals surface area contributed by atoms with Crippen LogP contribution >= 0.6 is 23.2 Å². The SMILES string of the molecule is CCOC(=O)CN(C(=O)OCC)c1cc(Cl)c(Oc2ccc(OC)c(C(=O)Nc3ccccc3)c2)c(Cl)c1. The van der Waals surface area contributed by atoms with E-state index in [4.69, 9.17) is 42.1 Å². The summed E-state index contributed by atoms with van der Waals surface area (Å²) in [6.45, 7) is 3.14. The average Bonchev–Trinajstić information content (AvgIpc) is 2.90. The van der Waals surface area contributed by atoms with Gasteiger partial charge in [0.15, 0.2) is 5.75 Å². The molecule has 0 aliphatic rings. The van der Waals surface area contributed by atoms with Gasteiger partial charge in [0.1, 0.15) is 18.0 Å². The quantitative estimate of drug-likeness (QED) is 0.279. The Morgan fingerprint density at radius 3 is 2.16 bits per heavy atom. The highest BCUT2D eigenvalue weighted by atomic mass is 35.5. The molecule has 0 fully saturated rings. The summed E-state index contributed by atoms with van der Waals surface area (Å²) in [4.78, 5) is 38.5. The molecular weight excluding hydrogens is 535 g/mol. The summed E-state index contributed by atoms with van der Waals surface area (Å²) < 4.78 is 21.3. The van der Waals surface area contributed by atoms with Crippen LogP contribution in [0.15, 0.2) is 60.7 Å². The predicted octanol–water partition coefficient (Wildman–Crippen LogP) is 6.57. The summed E-state index contributed by atoms with van der Waals surface area (Å²) in [5.74, 6) is -0.365. The molecule has 3 rings (SSSR count). The number of carbonyl (C=O) groups excluding carboxylic acids is 3. The van der Waals surface area contributed by atoms with Gasteiger partial charge in [0.05, 0.1) is 41.6 Å². The van der Waals surface area contributed by atoms with Crippen LogP contribution in [-0.2, 0) is 14.3 Å². The standard InChI is InChI=1S/C27H26Cl2N2O7/c1-4-36-24(32)16-31(27(34)37-5-2)18-13-21(28)25(22(29)14-18)38-19-11-12-23(35-3)20(15-19)26(33)30-17-9-7-6-8-10-17/h6-15H,4-5,16H2,1-3H3,(H,30,33). The summed E-state index contributed by atoms with van der Waals surface area (Å²) in [6, 6.07) is 16.4. The van der Waals surface area contributed by atoms with Crippen LogP contribution in [0.3, 0.4) is 0 Å². The van der Waals surface area contributed by atoms with Crippen LogP contribution in [0.2, 0.25) is 10.0 Å². The van der Waals surface area contributed by atoms with Gasteiger partial charge in [-0.3, -0.25) is 14.5 Å². The van der Waals surface area contributed by atoms with Gasteiger partial charge in [-0.05, 0) is 56.3 Å². The van der Waals surface area contributed by atoms with Gasteiger partial charge in [-0.15, -0.1) is 0 Å². The van der Waals surface area contributed by atoms with Gasteiger partial charge in [-0.1, -0.05) is 41.4 Å². The highest BCUT2D eigenvalue weighted by Crippen LogP contribution is 2.40. The molecule has 0 atom stereocenters. The van der Waals surface area contributed by atoms with E-state index in [-0.39, 0.29) is 46.0 Å². The molecule has 0 spiro atoms. The van der Waals surface area contributed by atoms with Crippen LogP contribution < -0.4 is 19.7 Å². The zero-order valence-corrected chi connectivity index (χ0v) is 22.5. The minimum Gasteiger partial charge on any atom is -0.496 e. The van der Waals surface area contributed by atoms with E-state index in [9.17, 15) is 14.4 Å². The van der Waals surface area contributed by atoms with Gasteiger partial charge in [-0.2, -0.15) is 0 Å². The molecule has 0 bridgehead atoms. The van der Waals surface area contributed by atoms with Crippen molar-refractivity contribution in [3.8, 4) is 17.2 Å². The maximum atomic E-state index is 12.9. The molecule has 3 aromatic carbocycles. The maximum Gasteiger partial charge on any atom is 0.414 e. The Kier molecular flexibility index (Phi) is 10.2. The van der Waals surface area contributed by atoms with Crippen molar-refractivity contribution in [2.75, 3.05) is 37.1 Å². The number of hydrogen-bond donors (Lipinski definition) is 1. The van der Waals surface area contributed by atoms with Crippen LogP contribution in [0.4, 0.5) is 16.2 Å². The summed E-state index contributed by atoms with van der Waals surface area (Å²) in [5.41, 5.74) is 1.04. The molecule has 3 aromatic rings. The molecule has 0 saturated heterocycles. The Balaban J connectivity index is 1.89. The first-order valence-electron chi connectivity index (χ1n) is 11.6. The lowest BCUT2D eigenvalue weighted by Crippen LogP contribution is -2.37. The number of anilines is 2. The van der Waals surface area contributed by atoms with Crippen molar-refractivity contribution in [1.82, 2.24) is 0 Å². The van der Waals surface area contributed by atoms with Crippen LogP contribution in [0, 0.1) is 0 Å². The lowest BCUT2D eigenvalue weighted by atomic mass is 10.1. The number of methoxy groups -OCH3 is 1. The number of ether oxygens (including phenoxy) is 4. The molecule has 1 N–H and O–H groups in total. The van der Waals surface area contributed by atoms with E-state index in [2.05, 4.69) is 5.32 Å². The van der Waals surface area contributed by atoms with E-state index in [0.717, 1.165) is 4.90 Å². The minimum atomic E-state index is -0.773. The number of hydrogen-bond acceptors (Lipinski definition) is 7. The number of halogens is 2. The Labute approximate surface area is 230 Å². The number of nitrogens with one attached hydrogen (secondary N) is 1. The second-order valence-corrected chi connectivity index (χ2v) is 8.43. The number of esters is 1. The first-order valence-corrected chi connectivity index (χ1v) is 12.3. The third-order valence-corrected chi connectivity index (χ3v) is 5.60. The van der Waals surface area contributed by atoms with Crippen LogP contribution in [0.1, 0.15) is 24.2 Å². The van der Waals surface area contributed by atoms with Crippen molar-refractivity contribution in [1.29, 1.82) is 0 Å². The van der Waals surface area contributed by atoms with Gasteiger partial charge in [-0.25, -0.2) is 4.79 Å². The predicted molar refractivity (Wildman–Crippen MR) is 145 cm³/mol. The van der Waals surface area contributed by atoms with E-state index in [1.54, 1.807) is 50.2 Å². The van der Waals surface area contributed by atoms with E-state index < -0.39 is 24.5 Å². The zero-order valence-electron chi connectivity index (χ0n) is 21.0. The second-order valence-electron chi connectivity index (χ2n) is 7.61. The number of carbonyl (C=O) groups is 3. The normalized spacial score (nSPS) is 10.3. The number of amides is 2. The lowest BCUT2D eigenvalue weighted by molar-refractivity contribution is -0.141. The smallest absolute Gasteiger partial charge is 0.414 e. The summed E-state index contributed by atoms with van der Waals surface area (Å²) in [7, 11) is 1.45. The van der Waals surface area contributed by atoms with E-state index >= 15 is 0 Å². The first kappa shape index (κ1) is 28.6. The summed E-state index contributed by atoms with van der Waals surface area (Å²) in [5, 5.41) is 2.90. The van der Waals surface area contributed by atoms with Crippen molar-refractivity contribution in [2.24, 2.45) is 0 Å². The van der Waals surface area contributed by atoms with Gasteiger partial charge >= 0.3 is 12.1 Å². The number of rotatable bonds is 10. The molecular formula is C27H26Cl2N2O7. The Hall–Kier alpha value is -3.95. The molecule has 0 saturated carbocycles. The van der Waals surface area contributed by atoms with E-state index in [1.165, 1.54) is 25.3 Å². The van der Waals surface area contributed by atoms with E-state index in [1.807, 2.05) is 6.07 Å². The second kappa shape index (κ2) is 13.6. The molecule has 200 valence electrons. The summed E-state index contributed by atoms with van der Waals surface area (Å²) >= 11 is 12.9. The number of nitrogens with zero attached hydrogens (tertiary/aromatic N) is 1. The fourth-order valence-corrected chi connectivity index (χ4v) is 3.92. The highest BCUT2D eigenvalue weighted by molar-refractivity contribution is 6.37. The van der Waals surface area contributed by atoms with Crippen LogP contribution in [0.5, 0.6) is 17.2 Å². The van der Waals surface area contributed by atoms with E-state index in [0.29, 0.717) is 11.4 Å². The Morgan fingerprint density at radius 1 is 0.895 bits per heavy atom. The lowest BCUT2D eigenvalue weighted by Gasteiger charge is -2.22. The number of para-hydroxylation sites is 1. The Morgan fingerprint density at radius 2 is 1.55 bits per heavy atom. The van der Waals surface area contributed by atoms with Gasteiger partial charge in [0, 0.05) is 5.69 Å². The molecule has 2 amide bonds. The molecule has 0 aromatic heterocycles. The zero-order chi connectivity index (χ0) is 27.7. The monoisotopic (exact) mass is 560 g/mol. The first-order chi connectivity index (χ1) is 18.3. The maximum absolute atomic E-state index is 12.9. The van der Waals surface area contributed by atoms with Crippen molar-refractivity contribution in [3.63, 3.8) is 0 Å². The molecule has 0 aliphatic carbocycles. The molecule has 9 nitrogen and oxygen atoms in total. The Bertz CT molecular complexity index is 1280. The van der Waals surface area contributed by atoms with Crippen molar-refractivity contribution >= 4 is 52.5 Å². The van der Waals surface area contributed by atoms with Crippen molar-refractivity contribution in [3.05, 3.63) is 76.3 Å². The molecule has 11 heteroatoms. The topological polar surface area (TPSA) is 103 Å². The van der Waals surface area contributed by atoms with Gasteiger partial charge < -0.3 is 24.3 Å². The average molecular weight is 561 g/mol. The number of benzene rings is 3. The van der Waals surface area contributed by atoms with Gasteiger partial charge in [0.25, 0.3) is 5.91 Å². The summed E-state index contributed by atoms with van der Waals surface area (Å²) in [6.07, 6.45) is -0.773. The van der Waals surface area contributed by atoms with Crippen molar-refractivity contribution in [2.45, 2.75) is 13.8 Å². The third kappa shape index (κ3) is 7.30. The molecule has 0 unspecified atom stereocenters.